The first-order valence-corrected chi connectivity index (χ1v) is 15.8. The van der Waals surface area contributed by atoms with E-state index in [0.717, 1.165) is 11.1 Å². The maximum atomic E-state index is 3.76. The Hall–Kier alpha value is -5.34. The highest BCUT2D eigenvalue weighted by Crippen LogP contribution is 2.20. The third kappa shape index (κ3) is 5.97. The van der Waals surface area contributed by atoms with Crippen LogP contribution in [-0.2, 0) is 0 Å². The number of rotatable bonds is 4. The van der Waals surface area contributed by atoms with Crippen LogP contribution in [0.4, 0.5) is 0 Å². The molecule has 0 bridgehead atoms. The predicted molar refractivity (Wildman–Crippen MR) is 175 cm³/mol. The van der Waals surface area contributed by atoms with Crippen molar-refractivity contribution in [3.05, 3.63) is 181 Å². The molecule has 192 valence electrons. The summed E-state index contributed by atoms with van der Waals surface area (Å²) in [5.74, 6) is 7.07. The summed E-state index contributed by atoms with van der Waals surface area (Å²) in [5.41, 5.74) is 14.3. The normalized spacial score (nSPS) is 10.5. The highest BCUT2D eigenvalue weighted by atomic mass is 28.3. The van der Waals surface area contributed by atoms with Gasteiger partial charge in [0.25, 0.3) is 8.07 Å². The summed E-state index contributed by atoms with van der Waals surface area (Å²) >= 11 is 0. The molecule has 0 fully saturated rings. The van der Waals surface area contributed by atoms with Gasteiger partial charge in [0, 0.05) is 11.1 Å². The van der Waals surface area contributed by atoms with Crippen molar-refractivity contribution in [1.82, 2.24) is 0 Å². The van der Waals surface area contributed by atoms with E-state index in [1.54, 1.807) is 0 Å². The molecule has 0 nitrogen and oxygen atoms in total. The van der Waals surface area contributed by atoms with E-state index >= 15 is 0 Å². The molecule has 0 aromatic heterocycles. The molecule has 0 saturated heterocycles. The van der Waals surface area contributed by atoms with E-state index in [4.69, 9.17) is 0 Å². The van der Waals surface area contributed by atoms with Crippen molar-refractivity contribution in [2.24, 2.45) is 0 Å². The summed E-state index contributed by atoms with van der Waals surface area (Å²) in [6.07, 6.45) is 0. The maximum Gasteiger partial charge on any atom is 0.276 e. The van der Waals surface area contributed by atoms with Gasteiger partial charge in [0.15, 0.2) is 0 Å². The van der Waals surface area contributed by atoms with Crippen LogP contribution < -0.4 is 10.4 Å². The second-order valence-corrected chi connectivity index (χ2v) is 13.0. The topological polar surface area (TPSA) is 0 Å². The first-order chi connectivity index (χ1) is 20.3. The van der Waals surface area contributed by atoms with Crippen LogP contribution >= 0.6 is 0 Å². The van der Waals surface area contributed by atoms with Gasteiger partial charge in [0.05, 0.1) is 0 Å². The molecule has 0 heterocycles. The van der Waals surface area contributed by atoms with E-state index in [9.17, 15) is 0 Å². The molecule has 0 unspecified atom stereocenters. The average molecular weight is 537 g/mol. The monoisotopic (exact) mass is 536 g/mol. The van der Waals surface area contributed by atoms with E-state index in [1.165, 1.54) is 32.6 Å². The van der Waals surface area contributed by atoms with Crippen LogP contribution in [0, 0.1) is 22.9 Å². The van der Waals surface area contributed by atoms with Gasteiger partial charge in [0.1, 0.15) is 0 Å². The van der Waals surface area contributed by atoms with Crippen LogP contribution in [0.25, 0.3) is 22.3 Å². The summed E-state index contributed by atoms with van der Waals surface area (Å²) in [5, 5.41) is 2.38. The molecule has 0 N–H and O–H groups in total. The van der Waals surface area contributed by atoms with Gasteiger partial charge in [-0.3, -0.25) is 0 Å². The third-order valence-corrected chi connectivity index (χ3v) is 10.6. The molecule has 0 aliphatic carbocycles. The standard InChI is InChI=1S/C40H28Si/c1-5-13-35(14-6-1)37-25-21-33(22-26-37)29-31-41(39-17-9-3-10-18-39,40-19-11-4-12-20-40)32-30-34-23-27-38(28-24-34)36-15-7-2-8-16-36/h1-28H. The second kappa shape index (κ2) is 12.2. The lowest BCUT2D eigenvalue weighted by atomic mass is 10.0. The van der Waals surface area contributed by atoms with Gasteiger partial charge in [-0.1, -0.05) is 169 Å². The predicted octanol–water partition coefficient (Wildman–Crippen LogP) is 7.77. The fourth-order valence-electron chi connectivity index (χ4n) is 4.95. The van der Waals surface area contributed by atoms with Gasteiger partial charge < -0.3 is 0 Å². The smallest absolute Gasteiger partial charge is 0.0989 e. The molecule has 1 heteroatoms. The minimum atomic E-state index is -2.79. The molecule has 6 aromatic carbocycles. The largest absolute Gasteiger partial charge is 0.276 e. The lowest BCUT2D eigenvalue weighted by Crippen LogP contribution is -2.57. The molecule has 0 radical (unpaired) electrons. The highest BCUT2D eigenvalue weighted by Gasteiger charge is 2.34. The lowest BCUT2D eigenvalue weighted by molar-refractivity contribution is 1.59. The summed E-state index contributed by atoms with van der Waals surface area (Å²) in [6, 6.07) is 59.1. The Kier molecular flexibility index (Phi) is 7.73. The van der Waals surface area contributed by atoms with Crippen LogP contribution in [0.3, 0.4) is 0 Å². The Labute approximate surface area is 244 Å². The Morgan fingerprint density at radius 2 is 0.585 bits per heavy atom. The molecule has 0 aliphatic heterocycles. The van der Waals surface area contributed by atoms with E-state index in [0.29, 0.717) is 0 Å². The number of hydrogen-bond donors (Lipinski definition) is 0. The molecule has 6 rings (SSSR count). The minimum Gasteiger partial charge on any atom is -0.0989 e. The zero-order valence-electron chi connectivity index (χ0n) is 22.7. The van der Waals surface area contributed by atoms with Gasteiger partial charge in [-0.2, -0.15) is 0 Å². The Morgan fingerprint density at radius 3 is 0.927 bits per heavy atom. The maximum absolute atomic E-state index is 3.76. The van der Waals surface area contributed by atoms with E-state index in [-0.39, 0.29) is 0 Å². The summed E-state index contributed by atoms with van der Waals surface area (Å²) in [6.45, 7) is 0. The summed E-state index contributed by atoms with van der Waals surface area (Å²) < 4.78 is 0. The van der Waals surface area contributed by atoms with Gasteiger partial charge in [-0.25, -0.2) is 0 Å². The Bertz CT molecular complexity index is 1690. The van der Waals surface area contributed by atoms with Crippen molar-refractivity contribution in [2.75, 3.05) is 0 Å². The van der Waals surface area contributed by atoms with Gasteiger partial charge in [-0.05, 0) is 56.9 Å². The summed E-state index contributed by atoms with van der Waals surface area (Å²) in [7, 11) is -2.79. The van der Waals surface area contributed by atoms with Crippen molar-refractivity contribution >= 4 is 18.4 Å². The SMILES string of the molecule is C(#C[Si](C#Cc1ccc(-c2ccccc2)cc1)(c1ccccc1)c1ccccc1)c1ccc(-c2ccccc2)cc1. The Morgan fingerprint density at radius 1 is 0.293 bits per heavy atom. The Balaban J connectivity index is 1.43. The van der Waals surface area contributed by atoms with Crippen molar-refractivity contribution in [3.63, 3.8) is 0 Å². The highest BCUT2D eigenvalue weighted by molar-refractivity contribution is 7.13. The fraction of sp³-hybridized carbons (Fsp3) is 0. The molecule has 0 saturated carbocycles. The van der Waals surface area contributed by atoms with Crippen LogP contribution in [0.5, 0.6) is 0 Å². The van der Waals surface area contributed by atoms with Crippen molar-refractivity contribution in [2.45, 2.75) is 0 Å². The second-order valence-electron chi connectivity index (χ2n) is 9.87. The zero-order chi connectivity index (χ0) is 27.7. The van der Waals surface area contributed by atoms with Crippen molar-refractivity contribution in [3.8, 4) is 45.2 Å². The first kappa shape index (κ1) is 25.9. The first-order valence-electron chi connectivity index (χ1n) is 13.8. The van der Waals surface area contributed by atoms with Crippen LogP contribution in [-0.4, -0.2) is 8.07 Å². The van der Waals surface area contributed by atoms with Crippen LogP contribution in [0.15, 0.2) is 170 Å². The number of benzene rings is 6. The number of hydrogen-bond acceptors (Lipinski definition) is 0. The van der Waals surface area contributed by atoms with Crippen molar-refractivity contribution in [1.29, 1.82) is 0 Å². The zero-order valence-corrected chi connectivity index (χ0v) is 23.7. The lowest BCUT2D eigenvalue weighted by Gasteiger charge is -2.21. The fourth-order valence-corrected chi connectivity index (χ4v) is 7.97. The van der Waals surface area contributed by atoms with Gasteiger partial charge >= 0.3 is 0 Å². The van der Waals surface area contributed by atoms with E-state index in [1.807, 2.05) is 12.1 Å². The van der Waals surface area contributed by atoms with Gasteiger partial charge in [-0.15, -0.1) is 0 Å². The average Bonchev–Trinajstić information content (AvgIpc) is 3.07. The van der Waals surface area contributed by atoms with Crippen molar-refractivity contribution < 1.29 is 0 Å². The molecular weight excluding hydrogens is 509 g/mol. The minimum absolute atomic E-state index is 0.988. The van der Waals surface area contributed by atoms with Crippen LogP contribution in [0.2, 0.25) is 0 Å². The molecule has 0 aliphatic rings. The molecule has 6 aromatic rings. The van der Waals surface area contributed by atoms with Crippen LogP contribution in [0.1, 0.15) is 11.1 Å². The molecule has 0 atom stereocenters. The molecule has 0 spiro atoms. The van der Waals surface area contributed by atoms with E-state index in [2.05, 4.69) is 181 Å². The molecule has 0 amide bonds. The molecule has 41 heavy (non-hydrogen) atoms. The van der Waals surface area contributed by atoms with Gasteiger partial charge in [0.2, 0.25) is 0 Å². The molecular formula is C40H28Si. The summed E-state index contributed by atoms with van der Waals surface area (Å²) in [4.78, 5) is 0. The quantitative estimate of drug-likeness (QED) is 0.160. The van der Waals surface area contributed by atoms with E-state index < -0.39 is 8.07 Å². The third-order valence-electron chi connectivity index (χ3n) is 7.19.